The van der Waals surface area contributed by atoms with Crippen molar-refractivity contribution in [2.45, 2.75) is 0 Å². The SMILES string of the molecule is Cn1cc(C=CC(=O)Nc2nc3ccc(F)cc3s2)cn1. The number of rotatable bonds is 3. The van der Waals surface area contributed by atoms with E-state index in [0.717, 1.165) is 5.56 Å². The first-order valence-corrected chi connectivity index (χ1v) is 6.95. The number of nitrogens with one attached hydrogen (secondary N) is 1. The van der Waals surface area contributed by atoms with Gasteiger partial charge in [0.1, 0.15) is 5.82 Å². The first kappa shape index (κ1) is 13.4. The number of carbonyl (C=O) groups is 1. The summed E-state index contributed by atoms with van der Waals surface area (Å²) in [5, 5.41) is 7.10. The number of halogens is 1. The van der Waals surface area contributed by atoms with Gasteiger partial charge in [0, 0.05) is 24.9 Å². The highest BCUT2D eigenvalue weighted by molar-refractivity contribution is 7.22. The fourth-order valence-electron chi connectivity index (χ4n) is 1.80. The van der Waals surface area contributed by atoms with Crippen LogP contribution in [0.2, 0.25) is 0 Å². The number of thiazole rings is 1. The van der Waals surface area contributed by atoms with Gasteiger partial charge < -0.3 is 0 Å². The van der Waals surface area contributed by atoms with Crippen molar-refractivity contribution in [3.05, 3.63) is 48.0 Å². The van der Waals surface area contributed by atoms with Crippen LogP contribution in [0.1, 0.15) is 5.56 Å². The molecule has 1 aromatic carbocycles. The van der Waals surface area contributed by atoms with Crippen LogP contribution in [0.15, 0.2) is 36.7 Å². The second kappa shape index (κ2) is 5.45. The lowest BCUT2D eigenvalue weighted by atomic mass is 10.3. The average molecular weight is 302 g/mol. The summed E-state index contributed by atoms with van der Waals surface area (Å²) in [6.07, 6.45) is 6.52. The normalized spacial score (nSPS) is 11.3. The molecule has 106 valence electrons. The molecule has 0 spiro atoms. The van der Waals surface area contributed by atoms with Crippen LogP contribution in [-0.4, -0.2) is 20.7 Å². The minimum Gasteiger partial charge on any atom is -0.298 e. The van der Waals surface area contributed by atoms with Crippen molar-refractivity contribution in [2.75, 3.05) is 5.32 Å². The molecule has 0 unspecified atom stereocenters. The molecule has 0 aliphatic carbocycles. The van der Waals surface area contributed by atoms with E-state index >= 15 is 0 Å². The monoisotopic (exact) mass is 302 g/mol. The maximum absolute atomic E-state index is 13.1. The number of fused-ring (bicyclic) bond motifs is 1. The van der Waals surface area contributed by atoms with E-state index in [1.54, 1.807) is 36.3 Å². The third kappa shape index (κ3) is 3.14. The lowest BCUT2D eigenvalue weighted by molar-refractivity contribution is -0.111. The van der Waals surface area contributed by atoms with Crippen LogP contribution in [0.5, 0.6) is 0 Å². The van der Waals surface area contributed by atoms with Gasteiger partial charge in [-0.05, 0) is 24.3 Å². The molecule has 7 heteroatoms. The minimum absolute atomic E-state index is 0.293. The van der Waals surface area contributed by atoms with Crippen molar-refractivity contribution in [1.82, 2.24) is 14.8 Å². The summed E-state index contributed by atoms with van der Waals surface area (Å²) in [5.41, 5.74) is 1.49. The minimum atomic E-state index is -0.319. The molecule has 0 radical (unpaired) electrons. The van der Waals surface area contributed by atoms with Crippen molar-refractivity contribution in [2.24, 2.45) is 7.05 Å². The quantitative estimate of drug-likeness (QED) is 0.757. The Morgan fingerprint density at radius 3 is 3.10 bits per heavy atom. The molecule has 2 heterocycles. The molecule has 0 aliphatic rings. The number of benzene rings is 1. The van der Waals surface area contributed by atoms with E-state index in [-0.39, 0.29) is 11.7 Å². The maximum Gasteiger partial charge on any atom is 0.250 e. The number of anilines is 1. The number of hydrogen-bond acceptors (Lipinski definition) is 4. The van der Waals surface area contributed by atoms with Gasteiger partial charge in [-0.2, -0.15) is 5.10 Å². The van der Waals surface area contributed by atoms with Gasteiger partial charge in [0.25, 0.3) is 0 Å². The van der Waals surface area contributed by atoms with E-state index < -0.39 is 0 Å². The number of amides is 1. The van der Waals surface area contributed by atoms with Crippen molar-refractivity contribution < 1.29 is 9.18 Å². The smallest absolute Gasteiger partial charge is 0.250 e. The number of nitrogens with zero attached hydrogens (tertiary/aromatic N) is 3. The number of carbonyl (C=O) groups excluding carboxylic acids is 1. The van der Waals surface area contributed by atoms with Gasteiger partial charge in [0.2, 0.25) is 5.91 Å². The van der Waals surface area contributed by atoms with Crippen LogP contribution in [0.25, 0.3) is 16.3 Å². The molecule has 0 saturated heterocycles. The highest BCUT2D eigenvalue weighted by Gasteiger charge is 2.06. The maximum atomic E-state index is 13.1. The molecule has 1 N–H and O–H groups in total. The lowest BCUT2D eigenvalue weighted by Gasteiger charge is -1.94. The Morgan fingerprint density at radius 2 is 2.33 bits per heavy atom. The highest BCUT2D eigenvalue weighted by atomic mass is 32.1. The van der Waals surface area contributed by atoms with Crippen molar-refractivity contribution in [3.8, 4) is 0 Å². The number of aryl methyl sites for hydroxylation is 1. The lowest BCUT2D eigenvalue weighted by Crippen LogP contribution is -2.07. The molecule has 3 aromatic rings. The summed E-state index contributed by atoms with van der Waals surface area (Å²) in [6.45, 7) is 0. The second-order valence-electron chi connectivity index (χ2n) is 4.40. The van der Waals surface area contributed by atoms with E-state index in [0.29, 0.717) is 15.3 Å². The molecular weight excluding hydrogens is 291 g/mol. The van der Waals surface area contributed by atoms with Gasteiger partial charge in [0.15, 0.2) is 5.13 Å². The van der Waals surface area contributed by atoms with Crippen LogP contribution in [0, 0.1) is 5.82 Å². The first-order valence-electron chi connectivity index (χ1n) is 6.14. The van der Waals surface area contributed by atoms with Crippen molar-refractivity contribution in [3.63, 3.8) is 0 Å². The van der Waals surface area contributed by atoms with Gasteiger partial charge in [-0.15, -0.1) is 0 Å². The topological polar surface area (TPSA) is 59.8 Å². The molecule has 0 saturated carbocycles. The van der Waals surface area contributed by atoms with Crippen LogP contribution in [0.4, 0.5) is 9.52 Å². The molecular formula is C14H11FN4OS. The van der Waals surface area contributed by atoms with E-state index in [2.05, 4.69) is 15.4 Å². The van der Waals surface area contributed by atoms with E-state index in [1.165, 1.54) is 29.5 Å². The Kier molecular flexibility index (Phi) is 3.49. The summed E-state index contributed by atoms with van der Waals surface area (Å²) >= 11 is 1.23. The van der Waals surface area contributed by atoms with Crippen LogP contribution < -0.4 is 5.32 Å². The summed E-state index contributed by atoms with van der Waals surface area (Å²) in [7, 11) is 1.80. The summed E-state index contributed by atoms with van der Waals surface area (Å²) in [4.78, 5) is 16.0. The third-order valence-corrected chi connectivity index (χ3v) is 3.67. The van der Waals surface area contributed by atoms with Gasteiger partial charge in [-0.3, -0.25) is 14.8 Å². The van der Waals surface area contributed by atoms with Gasteiger partial charge in [0.05, 0.1) is 16.4 Å². The summed E-state index contributed by atoms with van der Waals surface area (Å²) < 4.78 is 15.4. The first-order chi connectivity index (χ1) is 10.1. The Balaban J connectivity index is 1.72. The summed E-state index contributed by atoms with van der Waals surface area (Å²) in [6, 6.07) is 4.33. The predicted octanol–water partition coefficient (Wildman–Crippen LogP) is 2.82. The van der Waals surface area contributed by atoms with Crippen LogP contribution in [0.3, 0.4) is 0 Å². The predicted molar refractivity (Wildman–Crippen MR) is 80.4 cm³/mol. The Morgan fingerprint density at radius 1 is 1.48 bits per heavy atom. The molecule has 2 aromatic heterocycles. The van der Waals surface area contributed by atoms with Crippen LogP contribution >= 0.6 is 11.3 Å². The molecule has 3 rings (SSSR count). The fraction of sp³-hybridized carbons (Fsp3) is 0.0714. The molecule has 21 heavy (non-hydrogen) atoms. The Hall–Kier alpha value is -2.54. The zero-order valence-electron chi connectivity index (χ0n) is 11.1. The van der Waals surface area contributed by atoms with Gasteiger partial charge in [-0.1, -0.05) is 11.3 Å². The Bertz CT molecular complexity index is 836. The van der Waals surface area contributed by atoms with E-state index in [4.69, 9.17) is 0 Å². The zero-order chi connectivity index (χ0) is 14.8. The van der Waals surface area contributed by atoms with E-state index in [9.17, 15) is 9.18 Å². The molecule has 0 atom stereocenters. The molecule has 0 aliphatic heterocycles. The second-order valence-corrected chi connectivity index (χ2v) is 5.43. The summed E-state index contributed by atoms with van der Waals surface area (Å²) in [5.74, 6) is -0.612. The van der Waals surface area contributed by atoms with Crippen molar-refractivity contribution >= 4 is 38.7 Å². The van der Waals surface area contributed by atoms with Crippen LogP contribution in [-0.2, 0) is 11.8 Å². The third-order valence-electron chi connectivity index (χ3n) is 2.73. The zero-order valence-corrected chi connectivity index (χ0v) is 11.9. The molecule has 5 nitrogen and oxygen atoms in total. The average Bonchev–Trinajstić information content (AvgIpc) is 3.01. The fourth-order valence-corrected chi connectivity index (χ4v) is 2.69. The molecule has 0 fully saturated rings. The number of aromatic nitrogens is 3. The van der Waals surface area contributed by atoms with Crippen molar-refractivity contribution in [1.29, 1.82) is 0 Å². The van der Waals surface area contributed by atoms with Gasteiger partial charge >= 0.3 is 0 Å². The highest BCUT2D eigenvalue weighted by Crippen LogP contribution is 2.26. The molecule has 0 bridgehead atoms. The Labute approximate surface area is 123 Å². The molecule has 1 amide bonds. The largest absolute Gasteiger partial charge is 0.298 e. The van der Waals surface area contributed by atoms with Gasteiger partial charge in [-0.25, -0.2) is 9.37 Å². The standard InChI is InChI=1S/C14H11FN4OS/c1-19-8-9(7-16-19)2-5-13(20)18-14-17-11-4-3-10(15)6-12(11)21-14/h2-8H,1H3,(H,17,18,20). The number of hydrogen-bond donors (Lipinski definition) is 1. The van der Waals surface area contributed by atoms with E-state index in [1.807, 2.05) is 0 Å².